The summed E-state index contributed by atoms with van der Waals surface area (Å²) in [6.07, 6.45) is 8.60. The Bertz CT molecular complexity index is 2670. The molecule has 4 heteroatoms. The second-order valence-corrected chi connectivity index (χ2v) is 13.1. The van der Waals surface area contributed by atoms with Gasteiger partial charge in [0.15, 0.2) is 0 Å². The van der Waals surface area contributed by atoms with Gasteiger partial charge in [-0.2, -0.15) is 0 Å². The molecule has 0 radical (unpaired) electrons. The average Bonchev–Trinajstić information content (AvgIpc) is 3.48. The van der Waals surface area contributed by atoms with Gasteiger partial charge in [0.2, 0.25) is 0 Å². The van der Waals surface area contributed by atoms with E-state index in [1.165, 1.54) is 60.3 Å². The highest BCUT2D eigenvalue weighted by atomic mass is 15.1. The van der Waals surface area contributed by atoms with Crippen LogP contribution in [0.4, 0.5) is 11.4 Å². The fourth-order valence-corrected chi connectivity index (χ4v) is 8.25. The zero-order chi connectivity index (χ0) is 32.5. The van der Waals surface area contributed by atoms with Gasteiger partial charge in [-0.1, -0.05) is 122 Å². The van der Waals surface area contributed by atoms with E-state index in [1.807, 2.05) is 0 Å². The Labute approximate surface area is 284 Å². The lowest BCUT2D eigenvalue weighted by molar-refractivity contribution is 0.636. The van der Waals surface area contributed by atoms with Crippen LogP contribution in [0.3, 0.4) is 0 Å². The van der Waals surface area contributed by atoms with E-state index >= 15 is 0 Å². The molecule has 2 aliphatic heterocycles. The molecule has 8 aromatic rings. The number of para-hydroxylation sites is 3. The van der Waals surface area contributed by atoms with Crippen molar-refractivity contribution in [2.45, 2.75) is 18.6 Å². The van der Waals surface area contributed by atoms with E-state index in [9.17, 15) is 0 Å². The number of hydrogen-bond donors (Lipinski definition) is 2. The van der Waals surface area contributed by atoms with Gasteiger partial charge in [-0.25, -0.2) is 0 Å². The normalized spacial score (nSPS) is 18.4. The van der Waals surface area contributed by atoms with Crippen molar-refractivity contribution in [3.05, 3.63) is 181 Å². The van der Waals surface area contributed by atoms with Crippen LogP contribution >= 0.6 is 0 Å². The highest BCUT2D eigenvalue weighted by Gasteiger charge is 2.30. The number of hydrogen-bond acceptors (Lipinski definition) is 2. The highest BCUT2D eigenvalue weighted by molar-refractivity contribution is 6.28. The molecule has 0 fully saturated rings. The third kappa shape index (κ3) is 4.24. The third-order valence-corrected chi connectivity index (χ3v) is 10.4. The molecular weight excluding hydrogens is 597 g/mol. The van der Waals surface area contributed by atoms with Crippen molar-refractivity contribution in [1.29, 1.82) is 0 Å². The predicted octanol–water partition coefficient (Wildman–Crippen LogP) is 11.4. The molecule has 4 heterocycles. The van der Waals surface area contributed by atoms with Crippen LogP contribution in [-0.2, 0) is 6.54 Å². The van der Waals surface area contributed by atoms with Crippen LogP contribution in [0.5, 0.6) is 0 Å². The van der Waals surface area contributed by atoms with Crippen LogP contribution in [0, 0.1) is 0 Å². The smallest absolute Gasteiger partial charge is 0.0758 e. The van der Waals surface area contributed by atoms with E-state index < -0.39 is 0 Å². The molecule has 10 rings (SSSR count). The number of fused-ring (bicyclic) bond motifs is 3. The summed E-state index contributed by atoms with van der Waals surface area (Å²) in [7, 11) is 0. The van der Waals surface area contributed by atoms with Crippen molar-refractivity contribution >= 4 is 60.6 Å². The maximum atomic E-state index is 4.47. The Balaban J connectivity index is 1.24. The molecule has 2 N–H and O–H groups in total. The molecule has 0 aliphatic carbocycles. The fraction of sp³-hybridized carbons (Fsp3) is 0.0667. The van der Waals surface area contributed by atoms with E-state index in [4.69, 9.17) is 0 Å². The molecule has 0 saturated carbocycles. The average molecular weight is 631 g/mol. The van der Waals surface area contributed by atoms with Gasteiger partial charge >= 0.3 is 0 Å². The van der Waals surface area contributed by atoms with Crippen molar-refractivity contribution in [1.82, 2.24) is 9.13 Å². The summed E-state index contributed by atoms with van der Waals surface area (Å²) >= 11 is 0. The topological polar surface area (TPSA) is 33.9 Å². The molecule has 4 nitrogen and oxygen atoms in total. The van der Waals surface area contributed by atoms with Crippen molar-refractivity contribution in [3.63, 3.8) is 0 Å². The Morgan fingerprint density at radius 3 is 2.06 bits per heavy atom. The van der Waals surface area contributed by atoms with Crippen LogP contribution in [0.2, 0.25) is 0 Å². The van der Waals surface area contributed by atoms with Gasteiger partial charge < -0.3 is 19.8 Å². The van der Waals surface area contributed by atoms with Crippen LogP contribution in [0.1, 0.15) is 28.8 Å². The molecule has 234 valence electrons. The lowest BCUT2D eigenvalue weighted by Crippen LogP contribution is -2.30. The SMILES string of the molecule is C=C1/C=C\C=C/Cn2c3cccc4c3c3c(cccc3n4-c3cccc(C4Nc5ccccc5NC4c4ccccc4)c3)c3cccc1c32. The second kappa shape index (κ2) is 10.9. The Morgan fingerprint density at radius 2 is 1.22 bits per heavy atom. The van der Waals surface area contributed by atoms with Crippen LogP contribution in [0.25, 0.3) is 54.9 Å². The first-order chi connectivity index (χ1) is 24.2. The lowest BCUT2D eigenvalue weighted by atomic mass is 9.90. The van der Waals surface area contributed by atoms with E-state index in [2.05, 4.69) is 184 Å². The summed E-state index contributed by atoms with van der Waals surface area (Å²) in [4.78, 5) is 0. The fourth-order valence-electron chi connectivity index (χ4n) is 8.25. The number of nitrogens with zero attached hydrogens (tertiary/aromatic N) is 2. The third-order valence-electron chi connectivity index (χ3n) is 10.4. The van der Waals surface area contributed by atoms with Crippen LogP contribution < -0.4 is 10.6 Å². The molecule has 49 heavy (non-hydrogen) atoms. The molecule has 2 unspecified atom stereocenters. The van der Waals surface area contributed by atoms with Crippen LogP contribution in [-0.4, -0.2) is 9.13 Å². The first kappa shape index (κ1) is 27.8. The molecule has 2 aromatic heterocycles. The van der Waals surface area contributed by atoms with Gasteiger partial charge in [-0.05, 0) is 64.6 Å². The number of allylic oxidation sites excluding steroid dienone is 5. The Hall–Kier alpha value is -6.26. The lowest BCUT2D eigenvalue weighted by Gasteiger charge is -2.37. The highest BCUT2D eigenvalue weighted by Crippen LogP contribution is 2.45. The summed E-state index contributed by atoms with van der Waals surface area (Å²) in [5, 5.41) is 12.8. The minimum atomic E-state index is 0.0270. The standard InChI is InChI=1S/C45H34N4/c1-29-14-4-3-9-27-48-38-24-13-26-40-42(38)41-34(35-21-11-19-33(29)45(35)48)20-12-25-39(41)49(40)32-18-10-17-31(28-32)44-43(30-15-5-2-6-16-30)46-36-22-7-8-23-37(36)47-44/h2-26,28,43-44,46-47H,1,27H2/b9-3-,14-4-. The van der Waals surface area contributed by atoms with E-state index in [0.29, 0.717) is 0 Å². The van der Waals surface area contributed by atoms with Crippen molar-refractivity contribution < 1.29 is 0 Å². The summed E-state index contributed by atoms with van der Waals surface area (Å²) in [6, 6.07) is 48.7. The summed E-state index contributed by atoms with van der Waals surface area (Å²) in [5.41, 5.74) is 12.9. The molecule has 0 amide bonds. The van der Waals surface area contributed by atoms with Gasteiger partial charge in [-0.3, -0.25) is 0 Å². The number of benzene rings is 6. The largest absolute Gasteiger partial charge is 0.374 e. The van der Waals surface area contributed by atoms with E-state index in [1.54, 1.807) is 0 Å². The van der Waals surface area contributed by atoms with Gasteiger partial charge in [0, 0.05) is 34.0 Å². The first-order valence-corrected chi connectivity index (χ1v) is 17.0. The molecule has 2 atom stereocenters. The number of aromatic nitrogens is 2. The molecule has 0 bridgehead atoms. The van der Waals surface area contributed by atoms with Gasteiger partial charge in [0.1, 0.15) is 0 Å². The second-order valence-electron chi connectivity index (χ2n) is 13.1. The number of anilines is 2. The van der Waals surface area contributed by atoms with Crippen LogP contribution in [0.15, 0.2) is 164 Å². The minimum Gasteiger partial charge on any atom is -0.374 e. The predicted molar refractivity (Wildman–Crippen MR) is 207 cm³/mol. The zero-order valence-electron chi connectivity index (χ0n) is 27.0. The summed E-state index contributed by atoms with van der Waals surface area (Å²) in [6.45, 7) is 5.24. The zero-order valence-corrected chi connectivity index (χ0v) is 27.0. The van der Waals surface area contributed by atoms with Gasteiger partial charge in [0.05, 0.1) is 45.5 Å². The monoisotopic (exact) mass is 630 g/mol. The molecule has 2 aliphatic rings. The van der Waals surface area contributed by atoms with Crippen molar-refractivity contribution in [2.24, 2.45) is 0 Å². The summed E-state index contributed by atoms with van der Waals surface area (Å²) < 4.78 is 4.95. The molecule has 0 spiro atoms. The van der Waals surface area contributed by atoms with Crippen molar-refractivity contribution in [2.75, 3.05) is 10.6 Å². The van der Waals surface area contributed by atoms with E-state index in [-0.39, 0.29) is 12.1 Å². The Morgan fingerprint density at radius 1 is 0.571 bits per heavy atom. The Kier molecular flexibility index (Phi) is 6.18. The quantitative estimate of drug-likeness (QED) is 0.204. The minimum absolute atomic E-state index is 0.0270. The number of rotatable bonds is 3. The summed E-state index contributed by atoms with van der Waals surface area (Å²) in [5.74, 6) is 0. The molecular formula is C45H34N4. The maximum absolute atomic E-state index is 4.47. The van der Waals surface area contributed by atoms with Gasteiger partial charge in [-0.15, -0.1) is 0 Å². The van der Waals surface area contributed by atoms with Crippen molar-refractivity contribution in [3.8, 4) is 5.69 Å². The first-order valence-electron chi connectivity index (χ1n) is 17.0. The maximum Gasteiger partial charge on any atom is 0.0758 e. The molecule has 0 saturated heterocycles. The van der Waals surface area contributed by atoms with E-state index in [0.717, 1.165) is 29.2 Å². The number of nitrogens with one attached hydrogen (secondary N) is 2. The molecule has 6 aromatic carbocycles. The van der Waals surface area contributed by atoms with Gasteiger partial charge in [0.25, 0.3) is 0 Å².